The maximum atomic E-state index is 11.8. The average molecular weight is 431 g/mol. The molecule has 0 heterocycles. The molecule has 0 aliphatic carbocycles. The van der Waals surface area contributed by atoms with Crippen LogP contribution in [0.15, 0.2) is 83.9 Å². The predicted molar refractivity (Wildman–Crippen MR) is 129 cm³/mol. The van der Waals surface area contributed by atoms with Gasteiger partial charge in [0.05, 0.1) is 0 Å². The molecule has 0 aliphatic heterocycles. The van der Waals surface area contributed by atoms with Crippen molar-refractivity contribution in [3.05, 3.63) is 101 Å². The first-order valence-corrected chi connectivity index (χ1v) is 10.7. The normalized spacial score (nSPS) is 11.0. The molecule has 1 amide bonds. The van der Waals surface area contributed by atoms with E-state index in [2.05, 4.69) is 33.1 Å². The lowest BCUT2D eigenvalue weighted by atomic mass is 10.1. The second-order valence-electron chi connectivity index (χ2n) is 7.30. The highest BCUT2D eigenvalue weighted by atomic mass is 16.5. The summed E-state index contributed by atoms with van der Waals surface area (Å²) in [7, 11) is 3.39. The fourth-order valence-corrected chi connectivity index (χ4v) is 3.19. The highest BCUT2D eigenvalue weighted by Crippen LogP contribution is 2.14. The van der Waals surface area contributed by atoms with Gasteiger partial charge >= 0.3 is 0 Å². The van der Waals surface area contributed by atoms with E-state index in [4.69, 9.17) is 4.74 Å². The maximum absolute atomic E-state index is 11.8. The van der Waals surface area contributed by atoms with Crippen molar-refractivity contribution in [2.75, 3.05) is 20.6 Å². The molecule has 6 heteroatoms. The molecule has 32 heavy (non-hydrogen) atoms. The summed E-state index contributed by atoms with van der Waals surface area (Å²) in [6.45, 7) is 1.93. The van der Waals surface area contributed by atoms with Crippen LogP contribution in [-0.2, 0) is 19.6 Å². The van der Waals surface area contributed by atoms with Gasteiger partial charge < -0.3 is 20.7 Å². The van der Waals surface area contributed by atoms with Crippen molar-refractivity contribution in [2.45, 2.75) is 19.6 Å². The van der Waals surface area contributed by atoms with Crippen LogP contribution in [0.5, 0.6) is 5.75 Å². The zero-order valence-corrected chi connectivity index (χ0v) is 18.6. The van der Waals surface area contributed by atoms with E-state index >= 15 is 0 Å². The molecule has 0 aliphatic rings. The van der Waals surface area contributed by atoms with Crippen LogP contribution >= 0.6 is 0 Å². The van der Waals surface area contributed by atoms with E-state index in [-0.39, 0.29) is 5.91 Å². The third kappa shape index (κ3) is 7.16. The van der Waals surface area contributed by atoms with Crippen LogP contribution in [0, 0.1) is 0 Å². The Balaban J connectivity index is 1.42. The zero-order chi connectivity index (χ0) is 22.6. The van der Waals surface area contributed by atoms with Gasteiger partial charge in [0.2, 0.25) is 0 Å². The fourth-order valence-electron chi connectivity index (χ4n) is 3.19. The summed E-state index contributed by atoms with van der Waals surface area (Å²) in [6.07, 6.45) is 0.791. The molecule has 166 valence electrons. The Morgan fingerprint density at radius 1 is 0.875 bits per heavy atom. The average Bonchev–Trinajstić information content (AvgIpc) is 2.85. The maximum Gasteiger partial charge on any atom is 0.251 e. The number of nitrogens with zero attached hydrogens (tertiary/aromatic N) is 1. The Morgan fingerprint density at radius 3 is 2.34 bits per heavy atom. The molecule has 3 aromatic carbocycles. The molecular formula is C26H30N4O2. The van der Waals surface area contributed by atoms with Gasteiger partial charge in [0.1, 0.15) is 12.4 Å². The number of ether oxygens (including phenoxy) is 1. The number of carbonyl (C=O) groups excluding carboxylic acids is 1. The zero-order valence-electron chi connectivity index (χ0n) is 18.6. The van der Waals surface area contributed by atoms with Crippen molar-refractivity contribution in [3.63, 3.8) is 0 Å². The van der Waals surface area contributed by atoms with E-state index in [1.54, 1.807) is 14.1 Å². The Morgan fingerprint density at radius 2 is 1.62 bits per heavy atom. The summed E-state index contributed by atoms with van der Waals surface area (Å²) in [4.78, 5) is 16.1. The fraction of sp³-hybridized carbons (Fsp3) is 0.231. The second kappa shape index (κ2) is 12.2. The van der Waals surface area contributed by atoms with Crippen molar-refractivity contribution >= 4 is 11.9 Å². The third-order valence-electron chi connectivity index (χ3n) is 4.98. The summed E-state index contributed by atoms with van der Waals surface area (Å²) < 4.78 is 5.84. The molecule has 0 saturated carbocycles. The van der Waals surface area contributed by atoms with E-state index in [0.717, 1.165) is 34.8 Å². The quantitative estimate of drug-likeness (QED) is 0.359. The lowest BCUT2D eigenvalue weighted by molar-refractivity contribution is 0.0963. The first-order valence-electron chi connectivity index (χ1n) is 10.7. The van der Waals surface area contributed by atoms with Gasteiger partial charge in [-0.1, -0.05) is 54.6 Å². The summed E-state index contributed by atoms with van der Waals surface area (Å²) in [6, 6.07) is 25.8. The molecule has 0 aromatic heterocycles. The summed E-state index contributed by atoms with van der Waals surface area (Å²) in [5, 5.41) is 9.29. The summed E-state index contributed by atoms with van der Waals surface area (Å²) in [5.41, 5.74) is 4.05. The van der Waals surface area contributed by atoms with Crippen molar-refractivity contribution in [2.24, 2.45) is 4.99 Å². The van der Waals surface area contributed by atoms with Crippen LogP contribution in [-0.4, -0.2) is 32.5 Å². The van der Waals surface area contributed by atoms with E-state index < -0.39 is 0 Å². The standard InChI is InChI=1S/C26H30N4O2/c1-27-25(31)23-10-6-9-20(17-23)15-16-29-26(28-2)30-18-21-11-13-24(14-12-21)32-19-22-7-4-3-5-8-22/h3-14,17H,15-16,18-19H2,1-2H3,(H,27,31)(H2,28,29,30). The van der Waals surface area contributed by atoms with Gasteiger partial charge in [-0.25, -0.2) is 0 Å². The third-order valence-corrected chi connectivity index (χ3v) is 4.98. The van der Waals surface area contributed by atoms with Crippen LogP contribution in [0.25, 0.3) is 0 Å². The first kappa shape index (κ1) is 22.9. The first-order chi connectivity index (χ1) is 15.7. The number of guanidine groups is 1. The molecule has 0 unspecified atom stereocenters. The van der Waals surface area contributed by atoms with Crippen molar-refractivity contribution < 1.29 is 9.53 Å². The number of aliphatic imine (C=N–C) groups is 1. The monoisotopic (exact) mass is 430 g/mol. The van der Waals surface area contributed by atoms with Gasteiger partial charge in [0.15, 0.2) is 5.96 Å². The van der Waals surface area contributed by atoms with Gasteiger partial charge in [0, 0.05) is 32.7 Å². The predicted octanol–water partition coefficient (Wildman–Crippen LogP) is 3.53. The molecule has 0 atom stereocenters. The molecule has 0 bridgehead atoms. The number of benzene rings is 3. The largest absolute Gasteiger partial charge is 0.489 e. The number of hydrogen-bond donors (Lipinski definition) is 3. The van der Waals surface area contributed by atoms with Crippen LogP contribution < -0.4 is 20.7 Å². The van der Waals surface area contributed by atoms with E-state index in [0.29, 0.717) is 25.3 Å². The van der Waals surface area contributed by atoms with Crippen LogP contribution in [0.3, 0.4) is 0 Å². The molecule has 0 saturated heterocycles. The van der Waals surface area contributed by atoms with E-state index in [1.807, 2.05) is 66.7 Å². The number of rotatable bonds is 9. The number of nitrogens with one attached hydrogen (secondary N) is 3. The van der Waals surface area contributed by atoms with E-state index in [9.17, 15) is 4.79 Å². The van der Waals surface area contributed by atoms with Gasteiger partial charge in [-0.05, 0) is 47.4 Å². The second-order valence-corrected chi connectivity index (χ2v) is 7.30. The van der Waals surface area contributed by atoms with Gasteiger partial charge in [-0.2, -0.15) is 0 Å². The van der Waals surface area contributed by atoms with Gasteiger partial charge in [-0.15, -0.1) is 0 Å². The Labute approximate surface area is 189 Å². The van der Waals surface area contributed by atoms with Gasteiger partial charge in [-0.3, -0.25) is 9.79 Å². The van der Waals surface area contributed by atoms with Gasteiger partial charge in [0.25, 0.3) is 5.91 Å². The van der Waals surface area contributed by atoms with E-state index in [1.165, 1.54) is 0 Å². The van der Waals surface area contributed by atoms with Crippen LogP contribution in [0.2, 0.25) is 0 Å². The number of hydrogen-bond acceptors (Lipinski definition) is 3. The smallest absolute Gasteiger partial charge is 0.251 e. The summed E-state index contributed by atoms with van der Waals surface area (Å²) in [5.74, 6) is 1.50. The Bertz CT molecular complexity index is 1020. The molecule has 0 spiro atoms. The minimum Gasteiger partial charge on any atom is -0.489 e. The number of carbonyl (C=O) groups is 1. The highest BCUT2D eigenvalue weighted by Gasteiger charge is 2.04. The molecule has 0 fully saturated rings. The SMILES string of the molecule is CN=C(NCCc1cccc(C(=O)NC)c1)NCc1ccc(OCc2ccccc2)cc1. The molecule has 0 radical (unpaired) electrons. The molecular weight excluding hydrogens is 400 g/mol. The summed E-state index contributed by atoms with van der Waals surface area (Å²) >= 11 is 0. The molecule has 3 N–H and O–H groups in total. The lowest BCUT2D eigenvalue weighted by Gasteiger charge is -2.13. The van der Waals surface area contributed by atoms with Crippen molar-refractivity contribution in [1.29, 1.82) is 0 Å². The van der Waals surface area contributed by atoms with Crippen molar-refractivity contribution in [1.82, 2.24) is 16.0 Å². The minimum atomic E-state index is -0.0752. The van der Waals surface area contributed by atoms with Crippen molar-refractivity contribution in [3.8, 4) is 5.75 Å². The Kier molecular flexibility index (Phi) is 8.69. The topological polar surface area (TPSA) is 74.8 Å². The van der Waals surface area contributed by atoms with Crippen LogP contribution in [0.1, 0.15) is 27.0 Å². The molecule has 3 rings (SSSR count). The molecule has 6 nitrogen and oxygen atoms in total. The lowest BCUT2D eigenvalue weighted by Crippen LogP contribution is -2.37. The Hall–Kier alpha value is -3.80. The number of amides is 1. The highest BCUT2D eigenvalue weighted by molar-refractivity contribution is 5.94. The minimum absolute atomic E-state index is 0.0752. The molecule has 3 aromatic rings. The van der Waals surface area contributed by atoms with Crippen LogP contribution in [0.4, 0.5) is 0 Å².